The molecule has 5 heteroatoms. The third kappa shape index (κ3) is 4.34. The molecule has 2 fully saturated rings. The minimum absolute atomic E-state index is 0. The molecule has 1 N–H and O–H groups in total. The Hall–Kier alpha value is -0.320. The van der Waals surface area contributed by atoms with Crippen molar-refractivity contribution in [2.45, 2.75) is 71.1 Å². The Kier molecular flexibility index (Phi) is 6.76. The third-order valence-corrected chi connectivity index (χ3v) is 4.47. The molecule has 4 nitrogen and oxygen atoms in total. The van der Waals surface area contributed by atoms with E-state index in [9.17, 15) is 4.79 Å². The molecule has 2 aliphatic rings. The molecule has 0 radical (unpaired) electrons. The van der Waals surface area contributed by atoms with Gasteiger partial charge in [-0.2, -0.15) is 0 Å². The Morgan fingerprint density at radius 1 is 1.05 bits per heavy atom. The largest absolute Gasteiger partial charge is 0.336 e. The summed E-state index contributed by atoms with van der Waals surface area (Å²) in [4.78, 5) is 17.0. The van der Waals surface area contributed by atoms with Gasteiger partial charge in [-0.05, 0) is 47.0 Å². The Labute approximate surface area is 129 Å². The fourth-order valence-electron chi connectivity index (χ4n) is 3.76. The zero-order valence-corrected chi connectivity index (χ0v) is 14.1. The number of hydrogen-bond acceptors (Lipinski definition) is 3. The predicted octanol–water partition coefficient (Wildman–Crippen LogP) is 1.88. The lowest BCUT2D eigenvalue weighted by Gasteiger charge is -2.42. The van der Waals surface area contributed by atoms with Crippen molar-refractivity contribution in [3.63, 3.8) is 0 Å². The van der Waals surface area contributed by atoms with Crippen LogP contribution in [-0.4, -0.2) is 59.5 Å². The molecule has 20 heavy (non-hydrogen) atoms. The fourth-order valence-corrected chi connectivity index (χ4v) is 3.76. The van der Waals surface area contributed by atoms with E-state index in [4.69, 9.17) is 0 Å². The van der Waals surface area contributed by atoms with Gasteiger partial charge in [-0.25, -0.2) is 0 Å². The number of likely N-dealkylation sites (tertiary alicyclic amines) is 1. The first-order chi connectivity index (χ1) is 8.97. The highest BCUT2D eigenvalue weighted by Crippen LogP contribution is 2.22. The first kappa shape index (κ1) is 17.7. The van der Waals surface area contributed by atoms with Gasteiger partial charge in [0.15, 0.2) is 0 Å². The number of halogens is 1. The summed E-state index contributed by atoms with van der Waals surface area (Å²) in [6.07, 6.45) is 3.57. The molecule has 0 spiro atoms. The molecule has 4 atom stereocenters. The molecule has 4 unspecified atom stereocenters. The van der Waals surface area contributed by atoms with E-state index in [1.54, 1.807) is 0 Å². The van der Waals surface area contributed by atoms with Gasteiger partial charge in [0.1, 0.15) is 0 Å². The number of piperazine rings is 1. The van der Waals surface area contributed by atoms with Gasteiger partial charge in [-0.1, -0.05) is 0 Å². The van der Waals surface area contributed by atoms with Crippen LogP contribution in [-0.2, 0) is 4.79 Å². The maximum Gasteiger partial charge on any atom is 0.237 e. The Morgan fingerprint density at radius 3 is 2.05 bits per heavy atom. The average Bonchev–Trinajstić information content (AvgIpc) is 2.26. The van der Waals surface area contributed by atoms with Crippen LogP contribution in [0.5, 0.6) is 0 Å². The normalized spacial score (nSPS) is 35.5. The van der Waals surface area contributed by atoms with Crippen molar-refractivity contribution in [3.05, 3.63) is 0 Å². The van der Waals surface area contributed by atoms with Crippen molar-refractivity contribution in [2.24, 2.45) is 0 Å². The number of nitrogens with one attached hydrogen (secondary N) is 1. The monoisotopic (exact) mass is 303 g/mol. The van der Waals surface area contributed by atoms with Crippen LogP contribution >= 0.6 is 12.4 Å². The second kappa shape index (κ2) is 7.62. The lowest BCUT2D eigenvalue weighted by atomic mass is 9.97. The number of amides is 1. The third-order valence-electron chi connectivity index (χ3n) is 4.47. The van der Waals surface area contributed by atoms with E-state index in [0.717, 1.165) is 25.9 Å². The molecule has 0 bridgehead atoms. The quantitative estimate of drug-likeness (QED) is 0.846. The molecule has 0 aromatic rings. The average molecular weight is 304 g/mol. The number of carbonyl (C=O) groups is 1. The van der Waals surface area contributed by atoms with Crippen LogP contribution in [0.3, 0.4) is 0 Å². The van der Waals surface area contributed by atoms with Gasteiger partial charge >= 0.3 is 0 Å². The highest BCUT2D eigenvalue weighted by Gasteiger charge is 2.31. The zero-order chi connectivity index (χ0) is 14.0. The highest BCUT2D eigenvalue weighted by atomic mass is 35.5. The molecule has 0 aromatic heterocycles. The maximum atomic E-state index is 12.6. The maximum absolute atomic E-state index is 12.6. The van der Waals surface area contributed by atoms with Gasteiger partial charge in [-0.3, -0.25) is 9.69 Å². The van der Waals surface area contributed by atoms with Crippen LogP contribution < -0.4 is 5.32 Å². The Bertz CT molecular complexity index is 306. The number of carbonyl (C=O) groups excluding carboxylic acids is 1. The smallest absolute Gasteiger partial charge is 0.237 e. The molecule has 0 saturated carbocycles. The van der Waals surface area contributed by atoms with E-state index in [0.29, 0.717) is 36.6 Å². The molecule has 118 valence electrons. The predicted molar refractivity (Wildman–Crippen MR) is 85.4 cm³/mol. The summed E-state index contributed by atoms with van der Waals surface area (Å²) in [6.45, 7) is 11.3. The van der Waals surface area contributed by atoms with E-state index >= 15 is 0 Å². The summed E-state index contributed by atoms with van der Waals surface area (Å²) >= 11 is 0. The van der Waals surface area contributed by atoms with E-state index in [1.807, 2.05) is 0 Å². The second-order valence-corrected chi connectivity index (χ2v) is 6.59. The van der Waals surface area contributed by atoms with Gasteiger partial charge in [0.25, 0.3) is 0 Å². The van der Waals surface area contributed by atoms with Crippen LogP contribution in [0.25, 0.3) is 0 Å². The van der Waals surface area contributed by atoms with Crippen LogP contribution in [0.4, 0.5) is 0 Å². The molecule has 2 heterocycles. The van der Waals surface area contributed by atoms with Crippen LogP contribution in [0.1, 0.15) is 47.0 Å². The standard InChI is InChI=1S/C15H29N3O.ClH/c1-11-8-17(9-12(2)16-11)10-15(19)18-13(3)6-5-7-14(18)4;/h11-14,16H,5-10H2,1-4H3;1H. The summed E-state index contributed by atoms with van der Waals surface area (Å²) in [5.74, 6) is 0.320. The summed E-state index contributed by atoms with van der Waals surface area (Å²) < 4.78 is 0. The molecular weight excluding hydrogens is 274 g/mol. The summed E-state index contributed by atoms with van der Waals surface area (Å²) in [7, 11) is 0. The van der Waals surface area contributed by atoms with E-state index in [1.165, 1.54) is 6.42 Å². The summed E-state index contributed by atoms with van der Waals surface area (Å²) in [5.41, 5.74) is 0. The highest BCUT2D eigenvalue weighted by molar-refractivity contribution is 5.85. The first-order valence-corrected chi connectivity index (χ1v) is 7.77. The Morgan fingerprint density at radius 2 is 1.55 bits per heavy atom. The van der Waals surface area contributed by atoms with Crippen molar-refractivity contribution < 1.29 is 4.79 Å². The SMILES string of the molecule is CC1CN(CC(=O)N2C(C)CCCC2C)CC(C)N1.Cl. The van der Waals surface area contributed by atoms with E-state index in [2.05, 4.69) is 42.8 Å². The lowest BCUT2D eigenvalue weighted by Crippen LogP contribution is -2.58. The number of hydrogen-bond donors (Lipinski definition) is 1. The molecule has 0 aliphatic carbocycles. The number of nitrogens with zero attached hydrogens (tertiary/aromatic N) is 2. The van der Waals surface area contributed by atoms with E-state index < -0.39 is 0 Å². The van der Waals surface area contributed by atoms with Crippen molar-refractivity contribution in [1.29, 1.82) is 0 Å². The van der Waals surface area contributed by atoms with Gasteiger partial charge in [0.05, 0.1) is 6.54 Å². The molecule has 2 rings (SSSR count). The lowest BCUT2D eigenvalue weighted by molar-refractivity contribution is -0.138. The summed E-state index contributed by atoms with van der Waals surface area (Å²) in [6, 6.07) is 1.78. The van der Waals surface area contributed by atoms with Crippen LogP contribution in [0, 0.1) is 0 Å². The van der Waals surface area contributed by atoms with Crippen LogP contribution in [0.2, 0.25) is 0 Å². The van der Waals surface area contributed by atoms with Crippen LogP contribution in [0.15, 0.2) is 0 Å². The van der Waals surface area contributed by atoms with Gasteiger partial charge in [0.2, 0.25) is 5.91 Å². The Balaban J connectivity index is 0.00000200. The van der Waals surface area contributed by atoms with E-state index in [-0.39, 0.29) is 12.4 Å². The van der Waals surface area contributed by atoms with Crippen molar-refractivity contribution >= 4 is 18.3 Å². The topological polar surface area (TPSA) is 35.6 Å². The van der Waals surface area contributed by atoms with Gasteiger partial charge < -0.3 is 10.2 Å². The molecule has 0 aromatic carbocycles. The molecule has 2 saturated heterocycles. The van der Waals surface area contributed by atoms with Gasteiger partial charge in [-0.15, -0.1) is 12.4 Å². The summed E-state index contributed by atoms with van der Waals surface area (Å²) in [5, 5.41) is 3.51. The fraction of sp³-hybridized carbons (Fsp3) is 0.933. The number of piperidine rings is 1. The van der Waals surface area contributed by atoms with Gasteiger partial charge in [0, 0.05) is 37.3 Å². The van der Waals surface area contributed by atoms with Crippen molar-refractivity contribution in [2.75, 3.05) is 19.6 Å². The second-order valence-electron chi connectivity index (χ2n) is 6.59. The minimum Gasteiger partial charge on any atom is -0.336 e. The van der Waals surface area contributed by atoms with Crippen molar-refractivity contribution in [3.8, 4) is 0 Å². The zero-order valence-electron chi connectivity index (χ0n) is 13.3. The molecule has 2 aliphatic heterocycles. The first-order valence-electron chi connectivity index (χ1n) is 7.77. The molecule has 1 amide bonds. The molecular formula is C15H30ClN3O. The minimum atomic E-state index is 0. The number of rotatable bonds is 2. The van der Waals surface area contributed by atoms with Crippen molar-refractivity contribution in [1.82, 2.24) is 15.1 Å².